The van der Waals surface area contributed by atoms with Gasteiger partial charge in [-0.15, -0.1) is 10.2 Å². The van der Waals surface area contributed by atoms with E-state index in [-0.39, 0.29) is 0 Å². The van der Waals surface area contributed by atoms with Crippen LogP contribution < -0.4 is 9.47 Å². The van der Waals surface area contributed by atoms with E-state index in [2.05, 4.69) is 10.2 Å². The monoisotopic (exact) mass is 396 g/mol. The summed E-state index contributed by atoms with van der Waals surface area (Å²) in [6.45, 7) is 0.443. The zero-order valence-electron chi connectivity index (χ0n) is 13.2. The average Bonchev–Trinajstić information content (AvgIpc) is 3.09. The summed E-state index contributed by atoms with van der Waals surface area (Å²) in [5, 5.41) is 9.61. The number of halogens is 2. The molecule has 0 aliphatic heterocycles. The van der Waals surface area contributed by atoms with Crippen molar-refractivity contribution in [1.29, 1.82) is 0 Å². The summed E-state index contributed by atoms with van der Waals surface area (Å²) in [4.78, 5) is 0. The molecule has 0 bridgehead atoms. The third-order valence-corrected chi connectivity index (χ3v) is 4.52. The van der Waals surface area contributed by atoms with Crippen molar-refractivity contribution in [1.82, 2.24) is 10.2 Å². The largest absolute Gasteiger partial charge is 0.496 e. The number of thioether (sulfide) groups is 1. The minimum atomic E-state index is 0.418. The first kappa shape index (κ1) is 17.9. The van der Waals surface area contributed by atoms with Crippen LogP contribution in [0.3, 0.4) is 0 Å². The Bertz CT molecular complexity index is 857. The van der Waals surface area contributed by atoms with E-state index >= 15 is 0 Å². The molecule has 1 aromatic heterocycles. The topological polar surface area (TPSA) is 57.4 Å². The quantitative estimate of drug-likeness (QED) is 0.402. The Morgan fingerprint density at radius 2 is 1.92 bits per heavy atom. The molecule has 0 saturated carbocycles. The summed E-state index contributed by atoms with van der Waals surface area (Å²) in [5.41, 5.74) is 0.758. The molecule has 3 rings (SSSR count). The number of hydrogen-bond donors (Lipinski definition) is 0. The highest BCUT2D eigenvalue weighted by atomic mass is 35.5. The number of nitrogens with zero attached hydrogens (tertiary/aromatic N) is 2. The van der Waals surface area contributed by atoms with Gasteiger partial charge in [-0.25, -0.2) is 0 Å². The molecule has 0 N–H and O–H groups in total. The van der Waals surface area contributed by atoms with Crippen molar-refractivity contribution in [3.63, 3.8) is 0 Å². The molecule has 0 unspecified atom stereocenters. The Hall–Kier alpha value is -1.89. The molecular formula is C17H14Cl2N2O3S. The summed E-state index contributed by atoms with van der Waals surface area (Å²) >= 11 is 13.3. The van der Waals surface area contributed by atoms with Gasteiger partial charge in [-0.1, -0.05) is 47.1 Å². The minimum Gasteiger partial charge on any atom is -0.496 e. The molecule has 0 amide bonds. The smallest absolute Gasteiger partial charge is 0.276 e. The van der Waals surface area contributed by atoms with Crippen molar-refractivity contribution in [2.45, 2.75) is 5.22 Å². The lowest BCUT2D eigenvalue weighted by Gasteiger charge is -2.07. The zero-order chi connectivity index (χ0) is 17.6. The van der Waals surface area contributed by atoms with Crippen molar-refractivity contribution in [3.8, 4) is 23.0 Å². The number of aromatic nitrogens is 2. The fourth-order valence-electron chi connectivity index (χ4n) is 2.07. The first-order chi connectivity index (χ1) is 12.2. The molecule has 25 heavy (non-hydrogen) atoms. The van der Waals surface area contributed by atoms with Crippen LogP contribution in [0.2, 0.25) is 10.0 Å². The molecule has 0 radical (unpaired) electrons. The molecule has 0 spiro atoms. The second-order valence-electron chi connectivity index (χ2n) is 4.85. The predicted molar refractivity (Wildman–Crippen MR) is 99.0 cm³/mol. The highest BCUT2D eigenvalue weighted by Gasteiger charge is 2.13. The van der Waals surface area contributed by atoms with Crippen molar-refractivity contribution in [2.24, 2.45) is 0 Å². The molecule has 0 saturated heterocycles. The third kappa shape index (κ3) is 4.60. The van der Waals surface area contributed by atoms with E-state index in [1.807, 2.05) is 24.3 Å². The van der Waals surface area contributed by atoms with Crippen molar-refractivity contribution in [2.75, 3.05) is 19.5 Å². The molecule has 5 nitrogen and oxygen atoms in total. The second-order valence-corrected chi connectivity index (χ2v) is 6.73. The molecule has 1 heterocycles. The van der Waals surface area contributed by atoms with Gasteiger partial charge in [-0.05, 0) is 30.3 Å². The number of para-hydroxylation sites is 1. The van der Waals surface area contributed by atoms with Gasteiger partial charge in [0.15, 0.2) is 0 Å². The Morgan fingerprint density at radius 1 is 1.08 bits per heavy atom. The number of hydrogen-bond acceptors (Lipinski definition) is 6. The normalized spacial score (nSPS) is 10.7. The highest BCUT2D eigenvalue weighted by molar-refractivity contribution is 7.99. The lowest BCUT2D eigenvalue weighted by molar-refractivity contribution is 0.343. The van der Waals surface area contributed by atoms with E-state index in [4.69, 9.17) is 37.1 Å². The van der Waals surface area contributed by atoms with Crippen LogP contribution in [-0.4, -0.2) is 29.7 Å². The van der Waals surface area contributed by atoms with Gasteiger partial charge < -0.3 is 13.9 Å². The molecule has 3 aromatic rings. The number of rotatable bonds is 7. The van der Waals surface area contributed by atoms with Gasteiger partial charge >= 0.3 is 0 Å². The SMILES string of the molecule is COc1ccccc1-c1nnc(SCCOc2ccc(Cl)cc2Cl)o1. The lowest BCUT2D eigenvalue weighted by atomic mass is 10.2. The van der Waals surface area contributed by atoms with Gasteiger partial charge in [-0.2, -0.15) is 0 Å². The van der Waals surface area contributed by atoms with Crippen LogP contribution in [0.5, 0.6) is 11.5 Å². The summed E-state index contributed by atoms with van der Waals surface area (Å²) in [6, 6.07) is 12.6. The lowest BCUT2D eigenvalue weighted by Crippen LogP contribution is -2.00. The van der Waals surface area contributed by atoms with Crippen LogP contribution in [0.25, 0.3) is 11.5 Å². The molecule has 2 aromatic carbocycles. The summed E-state index contributed by atoms with van der Waals surface area (Å²) in [7, 11) is 1.60. The van der Waals surface area contributed by atoms with Crippen molar-refractivity contribution in [3.05, 3.63) is 52.5 Å². The van der Waals surface area contributed by atoms with E-state index < -0.39 is 0 Å². The summed E-state index contributed by atoms with van der Waals surface area (Å²) in [5.74, 6) is 2.32. The average molecular weight is 397 g/mol. The highest BCUT2D eigenvalue weighted by Crippen LogP contribution is 2.31. The predicted octanol–water partition coefficient (Wildman–Crippen LogP) is 5.22. The van der Waals surface area contributed by atoms with Crippen LogP contribution in [0.4, 0.5) is 0 Å². The van der Waals surface area contributed by atoms with Crippen molar-refractivity contribution >= 4 is 35.0 Å². The molecular weight excluding hydrogens is 383 g/mol. The van der Waals surface area contributed by atoms with Crippen LogP contribution in [0.1, 0.15) is 0 Å². The van der Waals surface area contributed by atoms with E-state index in [9.17, 15) is 0 Å². The van der Waals surface area contributed by atoms with E-state index in [1.54, 1.807) is 25.3 Å². The zero-order valence-corrected chi connectivity index (χ0v) is 15.6. The van der Waals surface area contributed by atoms with Gasteiger partial charge in [0, 0.05) is 10.8 Å². The first-order valence-electron chi connectivity index (χ1n) is 7.35. The van der Waals surface area contributed by atoms with Crippen molar-refractivity contribution < 1.29 is 13.9 Å². The summed E-state index contributed by atoms with van der Waals surface area (Å²) in [6.07, 6.45) is 0. The minimum absolute atomic E-state index is 0.418. The van der Waals surface area contributed by atoms with E-state index in [0.29, 0.717) is 45.0 Å². The molecule has 130 valence electrons. The molecule has 0 atom stereocenters. The number of methoxy groups -OCH3 is 1. The fourth-order valence-corrected chi connectivity index (χ4v) is 3.11. The first-order valence-corrected chi connectivity index (χ1v) is 9.09. The summed E-state index contributed by atoms with van der Waals surface area (Å²) < 4.78 is 16.6. The fraction of sp³-hybridized carbons (Fsp3) is 0.176. The Labute approximate surface area is 159 Å². The standard InChI is InChI=1S/C17H14Cl2N2O3S/c1-22-14-5-3-2-4-12(14)16-20-21-17(24-16)25-9-8-23-15-7-6-11(18)10-13(15)19/h2-7,10H,8-9H2,1H3. The maximum atomic E-state index is 6.06. The van der Waals surface area contributed by atoms with Gasteiger partial charge in [0.2, 0.25) is 0 Å². The van der Waals surface area contributed by atoms with Gasteiger partial charge in [0.1, 0.15) is 11.5 Å². The van der Waals surface area contributed by atoms with Crippen LogP contribution >= 0.6 is 35.0 Å². The van der Waals surface area contributed by atoms with Gasteiger partial charge in [0.05, 0.1) is 24.3 Å². The molecule has 0 aliphatic rings. The van der Waals surface area contributed by atoms with Gasteiger partial charge in [0.25, 0.3) is 11.1 Å². The van der Waals surface area contributed by atoms with Crippen LogP contribution in [0.15, 0.2) is 52.1 Å². The second kappa shape index (κ2) is 8.47. The number of benzene rings is 2. The van der Waals surface area contributed by atoms with E-state index in [0.717, 1.165) is 5.56 Å². The molecule has 8 heteroatoms. The van der Waals surface area contributed by atoms with Gasteiger partial charge in [-0.3, -0.25) is 0 Å². The van der Waals surface area contributed by atoms with E-state index in [1.165, 1.54) is 11.8 Å². The Morgan fingerprint density at radius 3 is 2.72 bits per heavy atom. The Balaban J connectivity index is 1.55. The third-order valence-electron chi connectivity index (χ3n) is 3.20. The number of ether oxygens (including phenoxy) is 2. The Kier molecular flexibility index (Phi) is 6.07. The maximum Gasteiger partial charge on any atom is 0.276 e. The molecule has 0 fully saturated rings. The van der Waals surface area contributed by atoms with Crippen LogP contribution in [-0.2, 0) is 0 Å². The molecule has 0 aliphatic carbocycles. The maximum absolute atomic E-state index is 6.06. The van der Waals surface area contributed by atoms with Crippen LogP contribution in [0, 0.1) is 0 Å².